The lowest BCUT2D eigenvalue weighted by Gasteiger charge is -2.34. The van der Waals surface area contributed by atoms with Crippen LogP contribution in [0.4, 0.5) is 0 Å². The Kier molecular flexibility index (Phi) is 4.69. The molecule has 3 rings (SSSR count). The van der Waals surface area contributed by atoms with E-state index < -0.39 is 0 Å². The zero-order valence-corrected chi connectivity index (χ0v) is 13.5. The van der Waals surface area contributed by atoms with Gasteiger partial charge in [0.25, 0.3) is 0 Å². The molecule has 20 heavy (non-hydrogen) atoms. The summed E-state index contributed by atoms with van der Waals surface area (Å²) in [7, 11) is 4.39. The van der Waals surface area contributed by atoms with Gasteiger partial charge >= 0.3 is 0 Å². The van der Waals surface area contributed by atoms with Crippen molar-refractivity contribution >= 4 is 11.8 Å². The molecule has 1 saturated heterocycles. The molecule has 2 aliphatic heterocycles. The van der Waals surface area contributed by atoms with Gasteiger partial charge < -0.3 is 9.80 Å². The van der Waals surface area contributed by atoms with E-state index in [1.807, 2.05) is 0 Å². The van der Waals surface area contributed by atoms with Crippen molar-refractivity contribution in [2.24, 2.45) is 5.92 Å². The molecule has 2 nitrogen and oxygen atoms in total. The van der Waals surface area contributed by atoms with Crippen molar-refractivity contribution in [2.75, 3.05) is 40.3 Å². The SMILES string of the molecule is CN(C)CC1CCN(CC2Cc3ccccc3S2)CC1. The zero-order chi connectivity index (χ0) is 13.9. The molecule has 3 heteroatoms. The molecular weight excluding hydrogens is 264 g/mol. The molecule has 0 radical (unpaired) electrons. The van der Waals surface area contributed by atoms with Crippen LogP contribution in [0.5, 0.6) is 0 Å². The highest BCUT2D eigenvalue weighted by Crippen LogP contribution is 2.37. The number of benzene rings is 1. The van der Waals surface area contributed by atoms with Gasteiger partial charge in [0.15, 0.2) is 0 Å². The Labute approximate surface area is 127 Å². The quantitative estimate of drug-likeness (QED) is 0.842. The molecule has 0 aromatic heterocycles. The van der Waals surface area contributed by atoms with Gasteiger partial charge in [0.05, 0.1) is 0 Å². The molecular formula is C17H26N2S. The van der Waals surface area contributed by atoms with Crippen molar-refractivity contribution < 1.29 is 0 Å². The van der Waals surface area contributed by atoms with Gasteiger partial charge in [-0.3, -0.25) is 0 Å². The maximum absolute atomic E-state index is 2.69. The number of hydrogen-bond acceptors (Lipinski definition) is 3. The summed E-state index contributed by atoms with van der Waals surface area (Å²) in [5.74, 6) is 0.912. The van der Waals surface area contributed by atoms with E-state index in [0.29, 0.717) is 0 Å². The van der Waals surface area contributed by atoms with Crippen LogP contribution in [0.25, 0.3) is 0 Å². The fraction of sp³-hybridized carbons (Fsp3) is 0.647. The summed E-state index contributed by atoms with van der Waals surface area (Å²) in [5, 5.41) is 0.776. The Bertz CT molecular complexity index is 413. The predicted octanol–water partition coefficient (Wildman–Crippen LogP) is 2.98. The lowest BCUT2D eigenvalue weighted by atomic mass is 9.96. The molecule has 0 spiro atoms. The lowest BCUT2D eigenvalue weighted by Crippen LogP contribution is -2.40. The largest absolute Gasteiger partial charge is 0.309 e. The minimum Gasteiger partial charge on any atom is -0.309 e. The van der Waals surface area contributed by atoms with Gasteiger partial charge in [0.1, 0.15) is 0 Å². The summed E-state index contributed by atoms with van der Waals surface area (Å²) in [5.41, 5.74) is 1.56. The Balaban J connectivity index is 1.45. The molecule has 0 bridgehead atoms. The van der Waals surface area contributed by atoms with Crippen LogP contribution in [0.1, 0.15) is 18.4 Å². The third-order valence-electron chi connectivity index (χ3n) is 4.51. The average Bonchev–Trinajstić information content (AvgIpc) is 2.82. The first-order valence-electron chi connectivity index (χ1n) is 7.82. The predicted molar refractivity (Wildman–Crippen MR) is 87.5 cm³/mol. The van der Waals surface area contributed by atoms with Crippen molar-refractivity contribution in [1.29, 1.82) is 0 Å². The van der Waals surface area contributed by atoms with Crippen molar-refractivity contribution in [1.82, 2.24) is 9.80 Å². The topological polar surface area (TPSA) is 6.48 Å². The Hall–Kier alpha value is -0.510. The first-order chi connectivity index (χ1) is 9.70. The Morgan fingerprint density at radius 3 is 2.65 bits per heavy atom. The summed E-state index contributed by atoms with van der Waals surface area (Å²) >= 11 is 2.09. The highest BCUT2D eigenvalue weighted by Gasteiger charge is 2.26. The van der Waals surface area contributed by atoms with Crippen LogP contribution in [-0.2, 0) is 6.42 Å². The van der Waals surface area contributed by atoms with Gasteiger partial charge in [-0.15, -0.1) is 11.8 Å². The fourth-order valence-corrected chi connectivity index (χ4v) is 4.88. The number of likely N-dealkylation sites (tertiary alicyclic amines) is 1. The number of fused-ring (bicyclic) bond motifs is 1. The lowest BCUT2D eigenvalue weighted by molar-refractivity contribution is 0.163. The number of rotatable bonds is 4. The molecule has 110 valence electrons. The van der Waals surface area contributed by atoms with E-state index >= 15 is 0 Å². The van der Waals surface area contributed by atoms with Crippen LogP contribution >= 0.6 is 11.8 Å². The van der Waals surface area contributed by atoms with Crippen LogP contribution in [0.3, 0.4) is 0 Å². The van der Waals surface area contributed by atoms with Gasteiger partial charge in [-0.05, 0) is 64.0 Å². The minimum atomic E-state index is 0.776. The maximum Gasteiger partial charge on any atom is 0.0263 e. The first kappa shape index (κ1) is 14.4. The van der Waals surface area contributed by atoms with Crippen LogP contribution in [0, 0.1) is 5.92 Å². The molecule has 1 atom stereocenters. The van der Waals surface area contributed by atoms with Crippen LogP contribution in [-0.4, -0.2) is 55.3 Å². The highest BCUT2D eigenvalue weighted by molar-refractivity contribution is 8.00. The normalized spacial score (nSPS) is 24.2. The minimum absolute atomic E-state index is 0.776. The van der Waals surface area contributed by atoms with Crippen molar-refractivity contribution in [3.8, 4) is 0 Å². The third-order valence-corrected chi connectivity index (χ3v) is 5.81. The number of thioether (sulfide) groups is 1. The highest BCUT2D eigenvalue weighted by atomic mass is 32.2. The first-order valence-corrected chi connectivity index (χ1v) is 8.70. The van der Waals surface area contributed by atoms with E-state index in [-0.39, 0.29) is 0 Å². The van der Waals surface area contributed by atoms with Crippen molar-refractivity contribution in [2.45, 2.75) is 29.4 Å². The van der Waals surface area contributed by atoms with Crippen LogP contribution in [0.15, 0.2) is 29.2 Å². The van der Waals surface area contributed by atoms with E-state index in [9.17, 15) is 0 Å². The van der Waals surface area contributed by atoms with E-state index in [1.165, 1.54) is 50.3 Å². The third kappa shape index (κ3) is 3.57. The van der Waals surface area contributed by atoms with Gasteiger partial charge in [-0.25, -0.2) is 0 Å². The van der Waals surface area contributed by atoms with Crippen LogP contribution < -0.4 is 0 Å². The molecule has 1 unspecified atom stereocenters. The van der Waals surface area contributed by atoms with Gasteiger partial charge in [0.2, 0.25) is 0 Å². The van der Waals surface area contributed by atoms with Gasteiger partial charge in [-0.2, -0.15) is 0 Å². The van der Waals surface area contributed by atoms with E-state index in [0.717, 1.165) is 11.2 Å². The van der Waals surface area contributed by atoms with E-state index in [1.54, 1.807) is 5.56 Å². The fourth-order valence-electron chi connectivity index (χ4n) is 3.51. The van der Waals surface area contributed by atoms with E-state index in [2.05, 4.69) is 59.9 Å². The Morgan fingerprint density at radius 1 is 1.20 bits per heavy atom. The maximum atomic E-state index is 2.69. The molecule has 0 saturated carbocycles. The number of piperidine rings is 1. The Morgan fingerprint density at radius 2 is 1.95 bits per heavy atom. The molecule has 0 N–H and O–H groups in total. The smallest absolute Gasteiger partial charge is 0.0263 e. The monoisotopic (exact) mass is 290 g/mol. The number of hydrogen-bond donors (Lipinski definition) is 0. The zero-order valence-electron chi connectivity index (χ0n) is 12.7. The summed E-state index contributed by atoms with van der Waals surface area (Å²) in [4.78, 5) is 6.54. The average molecular weight is 290 g/mol. The van der Waals surface area contributed by atoms with Gasteiger partial charge in [0, 0.05) is 23.2 Å². The molecule has 2 aliphatic rings. The summed E-state index contributed by atoms with van der Waals surface area (Å²) in [6, 6.07) is 8.92. The molecule has 1 fully saturated rings. The van der Waals surface area contributed by atoms with Crippen molar-refractivity contribution in [3.05, 3.63) is 29.8 Å². The molecule has 2 heterocycles. The summed E-state index contributed by atoms with van der Waals surface area (Å²) in [6.07, 6.45) is 4.02. The van der Waals surface area contributed by atoms with Crippen LogP contribution in [0.2, 0.25) is 0 Å². The molecule has 1 aromatic carbocycles. The van der Waals surface area contributed by atoms with E-state index in [4.69, 9.17) is 0 Å². The number of nitrogens with zero attached hydrogens (tertiary/aromatic N) is 2. The standard InChI is InChI=1S/C17H26N2S/c1-18(2)12-14-7-9-19(10-8-14)13-16-11-15-5-3-4-6-17(15)20-16/h3-6,14,16H,7-13H2,1-2H3. The van der Waals surface area contributed by atoms with Crippen molar-refractivity contribution in [3.63, 3.8) is 0 Å². The van der Waals surface area contributed by atoms with Gasteiger partial charge in [-0.1, -0.05) is 18.2 Å². The molecule has 0 aliphatic carbocycles. The molecule has 0 amide bonds. The second kappa shape index (κ2) is 6.50. The second-order valence-corrected chi connectivity index (χ2v) is 7.90. The summed E-state index contributed by atoms with van der Waals surface area (Å²) in [6.45, 7) is 5.13. The second-order valence-electron chi connectivity index (χ2n) is 6.56. The molecule has 1 aromatic rings. The summed E-state index contributed by atoms with van der Waals surface area (Å²) < 4.78 is 0.